The van der Waals surface area contributed by atoms with Gasteiger partial charge in [-0.3, -0.25) is 4.79 Å². The highest BCUT2D eigenvalue weighted by Gasteiger charge is 2.25. The van der Waals surface area contributed by atoms with E-state index in [4.69, 9.17) is 9.72 Å². The molecule has 1 aliphatic heterocycles. The molecule has 1 aliphatic rings. The highest BCUT2D eigenvalue weighted by atomic mass is 16.5. The first-order chi connectivity index (χ1) is 11.7. The number of ether oxygens (including phenoxy) is 1. The topological polar surface area (TPSA) is 67.3 Å². The number of aromatic nitrogens is 2. The number of nitrogens with one attached hydrogen (secondary N) is 1. The third-order valence-electron chi connectivity index (χ3n) is 4.34. The molecule has 0 aliphatic carbocycles. The monoisotopic (exact) mass is 348 g/mol. The molecule has 1 fully saturated rings. The standard InChI is InChI=1S/C19H32N4O2/c1-13(2)17(24)20-14-8-7-9-23(11-14)16-10-15(12-25-6)21-18(22-16)19(3,4)5/h10,13-14H,7-9,11-12H2,1-6H3,(H,20,24). The molecular weight excluding hydrogens is 316 g/mol. The Morgan fingerprint density at radius 3 is 2.72 bits per heavy atom. The van der Waals surface area contributed by atoms with Crippen LogP contribution in [0.3, 0.4) is 0 Å². The second-order valence-corrected chi connectivity index (χ2v) is 8.17. The maximum Gasteiger partial charge on any atom is 0.222 e. The molecule has 0 bridgehead atoms. The molecule has 6 nitrogen and oxygen atoms in total. The van der Waals surface area contributed by atoms with Crippen LogP contribution in [0.1, 0.15) is 59.0 Å². The van der Waals surface area contributed by atoms with Crippen LogP contribution in [0.2, 0.25) is 0 Å². The van der Waals surface area contributed by atoms with Crippen molar-refractivity contribution in [3.05, 3.63) is 17.6 Å². The second-order valence-electron chi connectivity index (χ2n) is 8.17. The number of carbonyl (C=O) groups is 1. The normalized spacial score (nSPS) is 18.5. The van der Waals surface area contributed by atoms with E-state index in [9.17, 15) is 4.79 Å². The van der Waals surface area contributed by atoms with Crippen molar-refractivity contribution in [2.45, 2.75) is 65.5 Å². The van der Waals surface area contributed by atoms with E-state index >= 15 is 0 Å². The van der Waals surface area contributed by atoms with Crippen LogP contribution in [-0.4, -0.2) is 42.1 Å². The molecule has 140 valence electrons. The SMILES string of the molecule is COCc1cc(N2CCCC(NC(=O)C(C)C)C2)nc(C(C)(C)C)n1. The minimum atomic E-state index is -0.125. The van der Waals surface area contributed by atoms with Gasteiger partial charge in [0.15, 0.2) is 0 Å². The smallest absolute Gasteiger partial charge is 0.222 e. The molecule has 1 N–H and O–H groups in total. The molecule has 2 rings (SSSR count). The fourth-order valence-electron chi connectivity index (χ4n) is 2.87. The lowest BCUT2D eigenvalue weighted by atomic mass is 9.95. The van der Waals surface area contributed by atoms with Gasteiger partial charge in [0.1, 0.15) is 11.6 Å². The zero-order chi connectivity index (χ0) is 18.6. The summed E-state index contributed by atoms with van der Waals surface area (Å²) in [5, 5.41) is 3.15. The van der Waals surface area contributed by atoms with Gasteiger partial charge in [-0.25, -0.2) is 9.97 Å². The van der Waals surface area contributed by atoms with Gasteiger partial charge in [0.05, 0.1) is 12.3 Å². The Kier molecular flexibility index (Phi) is 6.38. The Hall–Kier alpha value is -1.69. The summed E-state index contributed by atoms with van der Waals surface area (Å²) in [6.07, 6.45) is 2.05. The second kappa shape index (κ2) is 8.13. The van der Waals surface area contributed by atoms with Gasteiger partial charge in [-0.2, -0.15) is 0 Å². The summed E-state index contributed by atoms with van der Waals surface area (Å²) in [5.41, 5.74) is 0.769. The Morgan fingerprint density at radius 1 is 1.40 bits per heavy atom. The minimum Gasteiger partial charge on any atom is -0.378 e. The van der Waals surface area contributed by atoms with Gasteiger partial charge in [0, 0.05) is 43.6 Å². The van der Waals surface area contributed by atoms with Crippen LogP contribution in [0.5, 0.6) is 0 Å². The molecule has 1 unspecified atom stereocenters. The van der Waals surface area contributed by atoms with Gasteiger partial charge in [0.25, 0.3) is 0 Å². The van der Waals surface area contributed by atoms with Crippen molar-refractivity contribution >= 4 is 11.7 Å². The largest absolute Gasteiger partial charge is 0.378 e. The van der Waals surface area contributed by atoms with E-state index in [1.165, 1.54) is 0 Å². The lowest BCUT2D eigenvalue weighted by molar-refractivity contribution is -0.124. The Bertz CT molecular complexity index is 596. The van der Waals surface area contributed by atoms with Gasteiger partial charge >= 0.3 is 0 Å². The lowest BCUT2D eigenvalue weighted by Crippen LogP contribution is -2.49. The molecule has 1 amide bonds. The van der Waals surface area contributed by atoms with E-state index in [-0.39, 0.29) is 23.3 Å². The van der Waals surface area contributed by atoms with Crippen molar-refractivity contribution in [3.8, 4) is 0 Å². The number of nitrogens with zero attached hydrogens (tertiary/aromatic N) is 3. The van der Waals surface area contributed by atoms with Crippen molar-refractivity contribution in [2.24, 2.45) is 5.92 Å². The van der Waals surface area contributed by atoms with Crippen molar-refractivity contribution < 1.29 is 9.53 Å². The molecule has 0 spiro atoms. The number of amides is 1. The summed E-state index contributed by atoms with van der Waals surface area (Å²) >= 11 is 0. The summed E-state index contributed by atoms with van der Waals surface area (Å²) in [6, 6.07) is 2.17. The van der Waals surface area contributed by atoms with E-state index in [2.05, 4.69) is 36.0 Å². The number of piperidine rings is 1. The quantitative estimate of drug-likeness (QED) is 0.886. The van der Waals surface area contributed by atoms with Crippen LogP contribution in [0.15, 0.2) is 6.07 Å². The zero-order valence-corrected chi connectivity index (χ0v) is 16.4. The van der Waals surface area contributed by atoms with E-state index in [0.717, 1.165) is 43.3 Å². The van der Waals surface area contributed by atoms with Gasteiger partial charge < -0.3 is 15.0 Å². The number of hydrogen-bond acceptors (Lipinski definition) is 5. The van der Waals surface area contributed by atoms with E-state index in [1.807, 2.05) is 19.9 Å². The van der Waals surface area contributed by atoms with Crippen molar-refractivity contribution in [2.75, 3.05) is 25.1 Å². The van der Waals surface area contributed by atoms with Gasteiger partial charge in [0.2, 0.25) is 5.91 Å². The summed E-state index contributed by atoms with van der Waals surface area (Å²) < 4.78 is 5.27. The zero-order valence-electron chi connectivity index (χ0n) is 16.4. The number of rotatable bonds is 5. The lowest BCUT2D eigenvalue weighted by Gasteiger charge is -2.35. The van der Waals surface area contributed by atoms with Crippen LogP contribution in [0.4, 0.5) is 5.82 Å². The molecule has 1 atom stereocenters. The molecule has 1 aromatic heterocycles. The van der Waals surface area contributed by atoms with Crippen LogP contribution >= 0.6 is 0 Å². The first kappa shape index (κ1) is 19.6. The average Bonchev–Trinajstić information content (AvgIpc) is 2.54. The Balaban J connectivity index is 2.21. The van der Waals surface area contributed by atoms with E-state index in [1.54, 1.807) is 7.11 Å². The summed E-state index contributed by atoms with van der Waals surface area (Å²) in [4.78, 5) is 23.7. The van der Waals surface area contributed by atoms with E-state index in [0.29, 0.717) is 6.61 Å². The number of carbonyl (C=O) groups excluding carboxylic acids is 1. The highest BCUT2D eigenvalue weighted by molar-refractivity contribution is 5.78. The van der Waals surface area contributed by atoms with Crippen LogP contribution in [0, 0.1) is 5.92 Å². The molecule has 0 aromatic carbocycles. The molecule has 6 heteroatoms. The predicted molar refractivity (Wildman–Crippen MR) is 99.7 cm³/mol. The maximum absolute atomic E-state index is 12.0. The van der Waals surface area contributed by atoms with Crippen LogP contribution < -0.4 is 10.2 Å². The third kappa shape index (κ3) is 5.39. The number of methoxy groups -OCH3 is 1. The first-order valence-electron chi connectivity index (χ1n) is 9.13. The summed E-state index contributed by atoms with van der Waals surface area (Å²) in [5.74, 6) is 1.88. The summed E-state index contributed by atoms with van der Waals surface area (Å²) in [7, 11) is 1.68. The molecule has 1 aromatic rings. The van der Waals surface area contributed by atoms with Gasteiger partial charge in [-0.05, 0) is 12.8 Å². The van der Waals surface area contributed by atoms with Gasteiger partial charge in [-0.1, -0.05) is 34.6 Å². The summed E-state index contributed by atoms with van der Waals surface area (Å²) in [6.45, 7) is 12.4. The Labute approximate surface area is 151 Å². The molecule has 2 heterocycles. The number of anilines is 1. The fraction of sp³-hybridized carbons (Fsp3) is 0.737. The van der Waals surface area contributed by atoms with Crippen molar-refractivity contribution in [1.82, 2.24) is 15.3 Å². The Morgan fingerprint density at radius 2 is 2.12 bits per heavy atom. The molecule has 1 saturated heterocycles. The van der Waals surface area contributed by atoms with Crippen LogP contribution in [-0.2, 0) is 21.6 Å². The highest BCUT2D eigenvalue weighted by Crippen LogP contribution is 2.24. The van der Waals surface area contributed by atoms with E-state index < -0.39 is 0 Å². The molecule has 0 radical (unpaired) electrons. The maximum atomic E-state index is 12.0. The fourth-order valence-corrected chi connectivity index (χ4v) is 2.87. The molecular formula is C19H32N4O2. The van der Waals surface area contributed by atoms with Crippen molar-refractivity contribution in [1.29, 1.82) is 0 Å². The average molecular weight is 348 g/mol. The van der Waals surface area contributed by atoms with Crippen molar-refractivity contribution in [3.63, 3.8) is 0 Å². The van der Waals surface area contributed by atoms with Crippen LogP contribution in [0.25, 0.3) is 0 Å². The number of hydrogen-bond donors (Lipinski definition) is 1. The minimum absolute atomic E-state index is 0.00947. The molecule has 0 saturated carbocycles. The molecule has 25 heavy (non-hydrogen) atoms. The third-order valence-corrected chi connectivity index (χ3v) is 4.34. The van der Waals surface area contributed by atoms with Gasteiger partial charge in [-0.15, -0.1) is 0 Å². The first-order valence-corrected chi connectivity index (χ1v) is 9.13. The predicted octanol–water partition coefficient (Wildman–Crippen LogP) is 2.66.